The molecule has 0 spiro atoms. The lowest BCUT2D eigenvalue weighted by Gasteiger charge is -2.14. The van der Waals surface area contributed by atoms with Crippen molar-refractivity contribution in [1.29, 1.82) is 0 Å². The second-order valence-electron chi connectivity index (χ2n) is 6.25. The highest BCUT2D eigenvalue weighted by molar-refractivity contribution is 5.13. The molecule has 1 aromatic heterocycles. The maximum absolute atomic E-state index is 5.64. The first-order chi connectivity index (χ1) is 8.70. The van der Waals surface area contributed by atoms with Gasteiger partial charge >= 0.3 is 0 Å². The van der Waals surface area contributed by atoms with Crippen molar-refractivity contribution in [2.24, 2.45) is 11.8 Å². The van der Waals surface area contributed by atoms with E-state index < -0.39 is 0 Å². The molecule has 18 heavy (non-hydrogen) atoms. The Hall–Kier alpha value is -0.800. The molecule has 0 bridgehead atoms. The average Bonchev–Trinajstić information content (AvgIpc) is 3.22. The van der Waals surface area contributed by atoms with Crippen molar-refractivity contribution in [2.45, 2.75) is 45.3 Å². The summed E-state index contributed by atoms with van der Waals surface area (Å²) in [4.78, 5) is 2.38. The van der Waals surface area contributed by atoms with Crippen molar-refractivity contribution >= 4 is 0 Å². The largest absolute Gasteiger partial charge is 0.468 e. The van der Waals surface area contributed by atoms with Crippen LogP contribution in [0.15, 0.2) is 16.7 Å². The summed E-state index contributed by atoms with van der Waals surface area (Å²) in [6, 6.07) is 2.96. The first-order valence-corrected chi connectivity index (χ1v) is 7.19. The van der Waals surface area contributed by atoms with Crippen molar-refractivity contribution < 1.29 is 4.42 Å². The van der Waals surface area contributed by atoms with Gasteiger partial charge in [-0.25, -0.2) is 0 Å². The molecule has 0 aliphatic heterocycles. The van der Waals surface area contributed by atoms with Gasteiger partial charge in [0.15, 0.2) is 0 Å². The van der Waals surface area contributed by atoms with Gasteiger partial charge in [0.05, 0.1) is 12.8 Å². The molecule has 2 saturated carbocycles. The number of nitrogens with zero attached hydrogens (tertiary/aromatic N) is 1. The molecule has 1 N–H and O–H groups in total. The highest BCUT2D eigenvalue weighted by atomic mass is 16.3. The molecule has 1 heterocycles. The maximum Gasteiger partial charge on any atom is 0.118 e. The quantitative estimate of drug-likeness (QED) is 0.804. The fourth-order valence-electron chi connectivity index (χ4n) is 2.54. The summed E-state index contributed by atoms with van der Waals surface area (Å²) in [5.74, 6) is 2.95. The molecule has 2 aliphatic rings. The molecule has 1 aromatic rings. The Morgan fingerprint density at radius 2 is 2.22 bits per heavy atom. The van der Waals surface area contributed by atoms with Gasteiger partial charge in [0.25, 0.3) is 0 Å². The smallest absolute Gasteiger partial charge is 0.118 e. The lowest BCUT2D eigenvalue weighted by molar-refractivity contribution is 0.280. The summed E-state index contributed by atoms with van der Waals surface area (Å²) in [5.41, 5.74) is 1.28. The zero-order valence-electron chi connectivity index (χ0n) is 11.5. The molecule has 0 amide bonds. The predicted molar refractivity (Wildman–Crippen MR) is 72.2 cm³/mol. The van der Waals surface area contributed by atoms with E-state index in [0.29, 0.717) is 0 Å². The van der Waals surface area contributed by atoms with Crippen LogP contribution in [0.3, 0.4) is 0 Å². The number of hydrogen-bond acceptors (Lipinski definition) is 3. The molecule has 3 nitrogen and oxygen atoms in total. The van der Waals surface area contributed by atoms with Crippen LogP contribution in [0, 0.1) is 11.8 Å². The van der Waals surface area contributed by atoms with E-state index >= 15 is 0 Å². The Kier molecular flexibility index (Phi) is 3.44. The minimum absolute atomic E-state index is 0.766. The van der Waals surface area contributed by atoms with Crippen LogP contribution < -0.4 is 5.32 Å². The van der Waals surface area contributed by atoms with Crippen LogP contribution in [0.4, 0.5) is 0 Å². The minimum atomic E-state index is 0.766. The Bertz CT molecular complexity index is 397. The van der Waals surface area contributed by atoms with Crippen LogP contribution in [0.5, 0.6) is 0 Å². The van der Waals surface area contributed by atoms with Crippen molar-refractivity contribution in [1.82, 2.24) is 10.2 Å². The Morgan fingerprint density at radius 3 is 2.89 bits per heavy atom. The van der Waals surface area contributed by atoms with Crippen LogP contribution >= 0.6 is 0 Å². The molecule has 2 aliphatic carbocycles. The highest BCUT2D eigenvalue weighted by Gasteiger charge is 2.33. The molecule has 0 radical (unpaired) electrons. The van der Waals surface area contributed by atoms with E-state index in [1.54, 1.807) is 0 Å². The van der Waals surface area contributed by atoms with Gasteiger partial charge in [-0.3, -0.25) is 4.90 Å². The summed E-state index contributed by atoms with van der Waals surface area (Å²) >= 11 is 0. The van der Waals surface area contributed by atoms with Gasteiger partial charge in [-0.15, -0.1) is 0 Å². The SMILES string of the molecule is CC1CC1CN(C)Cc1cc(CNC2CC2)co1. The lowest BCUT2D eigenvalue weighted by atomic mass is 10.3. The minimum Gasteiger partial charge on any atom is -0.468 e. The molecule has 0 aromatic carbocycles. The summed E-state index contributed by atoms with van der Waals surface area (Å²) in [7, 11) is 2.19. The van der Waals surface area contributed by atoms with Crippen LogP contribution in [0.25, 0.3) is 0 Å². The summed E-state index contributed by atoms with van der Waals surface area (Å²) in [6.45, 7) is 5.44. The third kappa shape index (κ3) is 3.36. The van der Waals surface area contributed by atoms with Gasteiger partial charge in [0, 0.05) is 24.7 Å². The fourth-order valence-corrected chi connectivity index (χ4v) is 2.54. The van der Waals surface area contributed by atoms with E-state index in [1.165, 1.54) is 31.4 Å². The first kappa shape index (κ1) is 12.2. The monoisotopic (exact) mass is 248 g/mol. The summed E-state index contributed by atoms with van der Waals surface area (Å²) in [5, 5.41) is 3.51. The normalized spacial score (nSPS) is 26.8. The third-order valence-electron chi connectivity index (χ3n) is 4.13. The second-order valence-corrected chi connectivity index (χ2v) is 6.25. The van der Waals surface area contributed by atoms with Gasteiger partial charge in [-0.1, -0.05) is 6.92 Å². The zero-order valence-corrected chi connectivity index (χ0v) is 11.5. The molecule has 2 atom stereocenters. The maximum atomic E-state index is 5.64. The van der Waals surface area contributed by atoms with Gasteiger partial charge in [-0.05, 0) is 44.2 Å². The standard InChI is InChI=1S/C15H24N2O/c1-11-5-13(11)8-17(2)9-15-6-12(10-18-15)7-16-14-3-4-14/h6,10-11,13-14,16H,3-5,7-9H2,1-2H3. The number of nitrogens with one attached hydrogen (secondary N) is 1. The summed E-state index contributed by atoms with van der Waals surface area (Å²) < 4.78 is 5.64. The van der Waals surface area contributed by atoms with Gasteiger partial charge in [0.1, 0.15) is 5.76 Å². The van der Waals surface area contributed by atoms with Crippen LogP contribution in [-0.2, 0) is 13.1 Å². The Morgan fingerprint density at radius 1 is 1.44 bits per heavy atom. The van der Waals surface area contributed by atoms with Gasteiger partial charge < -0.3 is 9.73 Å². The van der Waals surface area contributed by atoms with E-state index in [2.05, 4.69) is 30.3 Å². The van der Waals surface area contributed by atoms with Gasteiger partial charge in [-0.2, -0.15) is 0 Å². The highest BCUT2D eigenvalue weighted by Crippen LogP contribution is 2.38. The average molecular weight is 248 g/mol. The Balaban J connectivity index is 1.43. The number of rotatable bonds is 7. The van der Waals surface area contributed by atoms with Crippen molar-refractivity contribution in [3.8, 4) is 0 Å². The van der Waals surface area contributed by atoms with E-state index in [4.69, 9.17) is 4.42 Å². The van der Waals surface area contributed by atoms with Crippen molar-refractivity contribution in [3.05, 3.63) is 23.7 Å². The lowest BCUT2D eigenvalue weighted by Crippen LogP contribution is -2.20. The van der Waals surface area contributed by atoms with E-state index in [-0.39, 0.29) is 0 Å². The molecule has 0 saturated heterocycles. The fraction of sp³-hybridized carbons (Fsp3) is 0.733. The van der Waals surface area contributed by atoms with Crippen LogP contribution in [0.2, 0.25) is 0 Å². The molecule has 3 rings (SSSR count). The summed E-state index contributed by atoms with van der Waals surface area (Å²) in [6.07, 6.45) is 5.98. The second kappa shape index (κ2) is 5.06. The van der Waals surface area contributed by atoms with Crippen molar-refractivity contribution in [3.63, 3.8) is 0 Å². The molecule has 2 unspecified atom stereocenters. The van der Waals surface area contributed by atoms with E-state index in [0.717, 1.165) is 36.7 Å². The van der Waals surface area contributed by atoms with Gasteiger partial charge in [0.2, 0.25) is 0 Å². The molecule has 100 valence electrons. The van der Waals surface area contributed by atoms with Crippen molar-refractivity contribution in [2.75, 3.05) is 13.6 Å². The topological polar surface area (TPSA) is 28.4 Å². The molecule has 2 fully saturated rings. The number of hydrogen-bond donors (Lipinski definition) is 1. The van der Waals surface area contributed by atoms with Crippen LogP contribution in [-0.4, -0.2) is 24.5 Å². The van der Waals surface area contributed by atoms with Crippen LogP contribution in [0.1, 0.15) is 37.5 Å². The molecular formula is C15H24N2O. The van der Waals surface area contributed by atoms with E-state index in [1.807, 2.05) is 6.26 Å². The number of furan rings is 1. The van der Waals surface area contributed by atoms with E-state index in [9.17, 15) is 0 Å². The Labute approximate surface area is 110 Å². The third-order valence-corrected chi connectivity index (χ3v) is 4.13. The zero-order chi connectivity index (χ0) is 12.5. The predicted octanol–water partition coefficient (Wildman–Crippen LogP) is 2.62. The first-order valence-electron chi connectivity index (χ1n) is 7.19. The molecular weight excluding hydrogens is 224 g/mol. The molecule has 3 heteroatoms.